The van der Waals surface area contributed by atoms with Crippen LogP contribution in [0.15, 0.2) is 29.2 Å². The van der Waals surface area contributed by atoms with Gasteiger partial charge in [0.25, 0.3) is 0 Å². The summed E-state index contributed by atoms with van der Waals surface area (Å²) in [5.74, 6) is 0. The van der Waals surface area contributed by atoms with Gasteiger partial charge in [0.05, 0.1) is 0 Å². The van der Waals surface area contributed by atoms with Gasteiger partial charge in [0.15, 0.2) is 5.65 Å². The summed E-state index contributed by atoms with van der Waals surface area (Å²) in [5.41, 5.74) is 0.332. The zero-order valence-electron chi connectivity index (χ0n) is 5.11. The van der Waals surface area contributed by atoms with Crippen LogP contribution in [-0.4, -0.2) is 14.6 Å². The third-order valence-electron chi connectivity index (χ3n) is 1.27. The number of fused-ring (bicyclic) bond motifs is 1. The molecule has 4 heteroatoms. The fourth-order valence-electron chi connectivity index (χ4n) is 0.852. The van der Waals surface area contributed by atoms with Gasteiger partial charge >= 0.3 is 5.69 Å². The average molecular weight is 135 g/mol. The lowest BCUT2D eigenvalue weighted by molar-refractivity contribution is 0.935. The molecule has 10 heavy (non-hydrogen) atoms. The number of H-pyrrole nitrogens is 1. The average Bonchev–Trinajstić information content (AvgIpc) is 2.27. The molecule has 0 bridgehead atoms. The van der Waals surface area contributed by atoms with E-state index in [0.29, 0.717) is 5.65 Å². The van der Waals surface area contributed by atoms with E-state index in [0.717, 1.165) is 0 Å². The van der Waals surface area contributed by atoms with Crippen LogP contribution in [-0.2, 0) is 0 Å². The maximum absolute atomic E-state index is 10.6. The molecule has 2 heterocycles. The van der Waals surface area contributed by atoms with Crippen molar-refractivity contribution in [1.29, 1.82) is 0 Å². The Morgan fingerprint density at radius 1 is 1.50 bits per heavy atom. The number of nitrogens with one attached hydrogen (secondary N) is 1. The summed E-state index contributed by atoms with van der Waals surface area (Å²) < 4.78 is 1.57. The van der Waals surface area contributed by atoms with E-state index in [1.807, 2.05) is 12.1 Å². The molecule has 4 nitrogen and oxygen atoms in total. The fourth-order valence-corrected chi connectivity index (χ4v) is 0.852. The summed E-state index contributed by atoms with van der Waals surface area (Å²) >= 11 is 0. The Bertz CT molecular complexity index is 364. The Hall–Kier alpha value is -1.58. The molecule has 0 saturated heterocycles. The zero-order valence-corrected chi connectivity index (χ0v) is 5.11. The van der Waals surface area contributed by atoms with Gasteiger partial charge in [0, 0.05) is 6.20 Å². The second-order valence-electron chi connectivity index (χ2n) is 1.96. The highest BCUT2D eigenvalue weighted by Crippen LogP contribution is 1.91. The van der Waals surface area contributed by atoms with Crippen molar-refractivity contribution in [3.05, 3.63) is 34.9 Å². The van der Waals surface area contributed by atoms with Crippen molar-refractivity contribution in [3.63, 3.8) is 0 Å². The molecular weight excluding hydrogens is 130 g/mol. The summed E-state index contributed by atoms with van der Waals surface area (Å²) in [6, 6.07) is 5.41. The van der Waals surface area contributed by atoms with E-state index in [1.165, 1.54) is 0 Å². The van der Waals surface area contributed by atoms with Crippen molar-refractivity contribution < 1.29 is 0 Å². The third kappa shape index (κ3) is 0.621. The standard InChI is InChI=1S/C6H5N3O/c10-6-7-5-3-1-2-4-9(5)8-6/h1-4H,(H,8,10). The van der Waals surface area contributed by atoms with Gasteiger partial charge in [-0.3, -0.25) is 0 Å². The van der Waals surface area contributed by atoms with E-state index in [4.69, 9.17) is 0 Å². The van der Waals surface area contributed by atoms with Gasteiger partial charge in [-0.1, -0.05) is 6.07 Å². The molecule has 2 rings (SSSR count). The van der Waals surface area contributed by atoms with Crippen LogP contribution in [0.1, 0.15) is 0 Å². The number of aromatic amines is 1. The Kier molecular flexibility index (Phi) is 0.887. The second-order valence-corrected chi connectivity index (χ2v) is 1.96. The van der Waals surface area contributed by atoms with Crippen molar-refractivity contribution in [1.82, 2.24) is 14.6 Å². The maximum atomic E-state index is 10.6. The van der Waals surface area contributed by atoms with Crippen molar-refractivity contribution in [2.24, 2.45) is 0 Å². The molecule has 0 spiro atoms. The molecular formula is C6H5N3O. The quantitative estimate of drug-likeness (QED) is 0.553. The van der Waals surface area contributed by atoms with Gasteiger partial charge in [-0.15, -0.1) is 0 Å². The zero-order chi connectivity index (χ0) is 6.97. The molecule has 0 fully saturated rings. The number of hydrogen-bond acceptors (Lipinski definition) is 2. The molecule has 50 valence electrons. The van der Waals surface area contributed by atoms with Gasteiger partial charge in [-0.05, 0) is 12.1 Å². The Morgan fingerprint density at radius 3 is 3.20 bits per heavy atom. The number of nitrogens with zero attached hydrogens (tertiary/aromatic N) is 2. The minimum atomic E-state index is -0.314. The first-order valence-electron chi connectivity index (χ1n) is 2.90. The van der Waals surface area contributed by atoms with E-state index in [-0.39, 0.29) is 5.69 Å². The Morgan fingerprint density at radius 2 is 2.40 bits per heavy atom. The van der Waals surface area contributed by atoms with E-state index in [1.54, 1.807) is 16.8 Å². The van der Waals surface area contributed by atoms with Crippen LogP contribution in [0.4, 0.5) is 0 Å². The first kappa shape index (κ1) is 5.22. The highest BCUT2D eigenvalue weighted by Gasteiger charge is 1.91. The normalized spacial score (nSPS) is 10.4. The summed E-state index contributed by atoms with van der Waals surface area (Å²) in [5, 5.41) is 2.51. The number of rotatable bonds is 0. The topological polar surface area (TPSA) is 50.2 Å². The predicted molar refractivity (Wildman–Crippen MR) is 35.8 cm³/mol. The fraction of sp³-hybridized carbons (Fsp3) is 0. The minimum Gasteiger partial charge on any atom is -0.244 e. The van der Waals surface area contributed by atoms with E-state index >= 15 is 0 Å². The molecule has 0 amide bonds. The number of pyridine rings is 1. The van der Waals surface area contributed by atoms with Crippen LogP contribution in [0.5, 0.6) is 0 Å². The van der Waals surface area contributed by atoms with Gasteiger partial charge in [0.1, 0.15) is 0 Å². The molecule has 0 aromatic carbocycles. The van der Waals surface area contributed by atoms with Crippen molar-refractivity contribution in [3.8, 4) is 0 Å². The molecule has 1 N–H and O–H groups in total. The first-order valence-corrected chi connectivity index (χ1v) is 2.90. The van der Waals surface area contributed by atoms with Crippen molar-refractivity contribution in [2.75, 3.05) is 0 Å². The monoisotopic (exact) mass is 135 g/mol. The van der Waals surface area contributed by atoms with Crippen LogP contribution >= 0.6 is 0 Å². The number of aromatic nitrogens is 3. The molecule has 0 aliphatic heterocycles. The summed E-state index contributed by atoms with van der Waals surface area (Å²) in [6.45, 7) is 0. The van der Waals surface area contributed by atoms with Crippen LogP contribution in [0.25, 0.3) is 5.65 Å². The summed E-state index contributed by atoms with van der Waals surface area (Å²) in [6.07, 6.45) is 1.74. The first-order chi connectivity index (χ1) is 4.86. The smallest absolute Gasteiger partial charge is 0.244 e. The summed E-state index contributed by atoms with van der Waals surface area (Å²) in [4.78, 5) is 14.3. The van der Waals surface area contributed by atoms with Crippen molar-refractivity contribution in [2.45, 2.75) is 0 Å². The lowest BCUT2D eigenvalue weighted by Crippen LogP contribution is -2.01. The molecule has 0 aliphatic rings. The molecule has 0 atom stereocenters. The Balaban J connectivity index is 3.01. The van der Waals surface area contributed by atoms with Crippen LogP contribution in [0, 0.1) is 0 Å². The molecule has 2 aromatic rings. The SMILES string of the molecule is O=c1nc2ccccn2[nH]1. The molecule has 0 aliphatic carbocycles. The van der Waals surface area contributed by atoms with Crippen molar-refractivity contribution >= 4 is 5.65 Å². The van der Waals surface area contributed by atoms with E-state index < -0.39 is 0 Å². The van der Waals surface area contributed by atoms with Crippen LogP contribution in [0.2, 0.25) is 0 Å². The van der Waals surface area contributed by atoms with E-state index in [2.05, 4.69) is 10.1 Å². The number of hydrogen-bond donors (Lipinski definition) is 1. The highest BCUT2D eigenvalue weighted by molar-refractivity contribution is 5.34. The molecule has 0 radical (unpaired) electrons. The van der Waals surface area contributed by atoms with Gasteiger partial charge in [0.2, 0.25) is 0 Å². The van der Waals surface area contributed by atoms with Crippen LogP contribution in [0.3, 0.4) is 0 Å². The van der Waals surface area contributed by atoms with Gasteiger partial charge in [-0.25, -0.2) is 14.4 Å². The van der Waals surface area contributed by atoms with E-state index in [9.17, 15) is 4.79 Å². The van der Waals surface area contributed by atoms with Crippen LogP contribution < -0.4 is 5.69 Å². The molecule has 2 aromatic heterocycles. The molecule has 0 saturated carbocycles. The molecule has 0 unspecified atom stereocenters. The lowest BCUT2D eigenvalue weighted by atomic mass is 10.5. The Labute approximate surface area is 56.1 Å². The summed E-state index contributed by atoms with van der Waals surface area (Å²) in [7, 11) is 0. The second kappa shape index (κ2) is 1.70. The lowest BCUT2D eigenvalue weighted by Gasteiger charge is -1.85. The van der Waals surface area contributed by atoms with Gasteiger partial charge < -0.3 is 0 Å². The predicted octanol–water partition coefficient (Wildman–Crippen LogP) is 0.0226. The minimum absolute atomic E-state index is 0.314. The third-order valence-corrected chi connectivity index (χ3v) is 1.27. The highest BCUT2D eigenvalue weighted by atomic mass is 16.1. The van der Waals surface area contributed by atoms with Gasteiger partial charge in [-0.2, -0.15) is 4.98 Å². The maximum Gasteiger partial charge on any atom is 0.362 e. The largest absolute Gasteiger partial charge is 0.362 e.